The Morgan fingerprint density at radius 1 is 1.44 bits per heavy atom. The Bertz CT molecular complexity index is 196. The topological polar surface area (TPSA) is 61.4 Å². The number of rotatable bonds is 7. The highest BCUT2D eigenvalue weighted by Gasteiger charge is 2.19. The van der Waals surface area contributed by atoms with Crippen molar-refractivity contribution in [2.75, 3.05) is 31.2 Å². The minimum absolute atomic E-state index is 0.0243. The van der Waals surface area contributed by atoms with Crippen LogP contribution < -0.4 is 10.6 Å². The van der Waals surface area contributed by atoms with Crippen molar-refractivity contribution in [3.8, 4) is 0 Å². The molecule has 0 aromatic carbocycles. The molecule has 16 heavy (non-hydrogen) atoms. The molecule has 94 valence electrons. The molecule has 1 saturated heterocycles. The van der Waals surface area contributed by atoms with E-state index in [2.05, 4.69) is 10.6 Å². The van der Waals surface area contributed by atoms with Gasteiger partial charge in [-0.25, -0.2) is 0 Å². The minimum Gasteiger partial charge on any atom is -0.396 e. The van der Waals surface area contributed by atoms with Crippen molar-refractivity contribution in [3.63, 3.8) is 0 Å². The maximum Gasteiger partial charge on any atom is 0.237 e. The molecule has 3 N–H and O–H groups in total. The zero-order valence-electron chi connectivity index (χ0n) is 9.71. The fourth-order valence-electron chi connectivity index (χ4n) is 1.71. The summed E-state index contributed by atoms with van der Waals surface area (Å²) in [5, 5.41) is 14.8. The summed E-state index contributed by atoms with van der Waals surface area (Å²) in [6.45, 7) is 1.95. The molecular formula is C11H22N2O2S. The minimum atomic E-state index is 0.0243. The van der Waals surface area contributed by atoms with Crippen molar-refractivity contribution >= 4 is 17.7 Å². The van der Waals surface area contributed by atoms with Crippen LogP contribution in [0.5, 0.6) is 0 Å². The normalized spacial score (nSPS) is 20.7. The molecular weight excluding hydrogens is 224 g/mol. The van der Waals surface area contributed by atoms with Gasteiger partial charge in [0.15, 0.2) is 0 Å². The van der Waals surface area contributed by atoms with Crippen LogP contribution in [0.15, 0.2) is 0 Å². The Balaban J connectivity index is 1.97. The Morgan fingerprint density at radius 2 is 2.31 bits per heavy atom. The van der Waals surface area contributed by atoms with Crippen LogP contribution >= 0.6 is 11.8 Å². The summed E-state index contributed by atoms with van der Waals surface area (Å²) in [6, 6.07) is 0.0243. The second kappa shape index (κ2) is 8.84. The summed E-state index contributed by atoms with van der Waals surface area (Å²) in [5.74, 6) is 2.04. The Morgan fingerprint density at radius 3 is 3.00 bits per heavy atom. The summed E-state index contributed by atoms with van der Waals surface area (Å²) in [6.07, 6.45) is 4.13. The van der Waals surface area contributed by atoms with Crippen LogP contribution in [0.3, 0.4) is 0 Å². The molecule has 0 radical (unpaired) electrons. The standard InChI is InChI=1S/C11H22N2O2S/c14-7-3-8-16-9-6-13-11(15)10-4-1-2-5-12-10/h10,12,14H,1-9H2,(H,13,15)/t10-/m1/s1. The Labute approximate surface area is 102 Å². The van der Waals surface area contributed by atoms with Crippen LogP contribution in [0.1, 0.15) is 25.7 Å². The average molecular weight is 246 g/mol. The van der Waals surface area contributed by atoms with Gasteiger partial charge in [0.25, 0.3) is 0 Å². The molecule has 4 nitrogen and oxygen atoms in total. The lowest BCUT2D eigenvalue weighted by Crippen LogP contribution is -2.47. The molecule has 0 unspecified atom stereocenters. The summed E-state index contributed by atoms with van der Waals surface area (Å²) in [7, 11) is 0. The van der Waals surface area contributed by atoms with Crippen molar-refractivity contribution in [3.05, 3.63) is 0 Å². The second-order valence-corrected chi connectivity index (χ2v) is 5.21. The molecule has 0 aliphatic carbocycles. The summed E-state index contributed by atoms with van der Waals surface area (Å²) >= 11 is 1.77. The molecule has 5 heteroatoms. The van der Waals surface area contributed by atoms with E-state index in [4.69, 9.17) is 5.11 Å². The SMILES string of the molecule is O=C(NCCSCCCO)[C@H]1CCCCN1. The number of amides is 1. The van der Waals surface area contributed by atoms with E-state index in [9.17, 15) is 4.79 Å². The lowest BCUT2D eigenvalue weighted by molar-refractivity contribution is -0.123. The Kier molecular flexibility index (Phi) is 7.63. The molecule has 1 atom stereocenters. The summed E-state index contributed by atoms with van der Waals surface area (Å²) in [4.78, 5) is 11.7. The highest BCUT2D eigenvalue weighted by molar-refractivity contribution is 7.99. The lowest BCUT2D eigenvalue weighted by Gasteiger charge is -2.22. The van der Waals surface area contributed by atoms with Gasteiger partial charge < -0.3 is 15.7 Å². The number of carbonyl (C=O) groups excluding carboxylic acids is 1. The fourth-order valence-corrected chi connectivity index (χ4v) is 2.50. The predicted molar refractivity (Wildman–Crippen MR) is 67.7 cm³/mol. The largest absolute Gasteiger partial charge is 0.396 e. The highest BCUT2D eigenvalue weighted by atomic mass is 32.2. The van der Waals surface area contributed by atoms with E-state index >= 15 is 0 Å². The van der Waals surface area contributed by atoms with Gasteiger partial charge in [-0.3, -0.25) is 4.79 Å². The third-order valence-corrected chi connectivity index (χ3v) is 3.69. The van der Waals surface area contributed by atoms with Crippen LogP contribution in [0, 0.1) is 0 Å². The van der Waals surface area contributed by atoms with Gasteiger partial charge in [0, 0.05) is 18.9 Å². The zero-order valence-corrected chi connectivity index (χ0v) is 10.5. The van der Waals surface area contributed by atoms with E-state index in [0.717, 1.165) is 43.9 Å². The van der Waals surface area contributed by atoms with Gasteiger partial charge in [-0.2, -0.15) is 11.8 Å². The number of aliphatic hydroxyl groups excluding tert-OH is 1. The van der Waals surface area contributed by atoms with Crippen LogP contribution in [-0.4, -0.2) is 48.3 Å². The highest BCUT2D eigenvalue weighted by Crippen LogP contribution is 2.06. The van der Waals surface area contributed by atoms with Crippen molar-refractivity contribution in [2.24, 2.45) is 0 Å². The first kappa shape index (κ1) is 13.8. The maximum atomic E-state index is 11.7. The molecule has 0 saturated carbocycles. The molecule has 1 amide bonds. The van der Waals surface area contributed by atoms with Gasteiger partial charge in [0.1, 0.15) is 0 Å². The molecule has 0 spiro atoms. The van der Waals surface area contributed by atoms with Gasteiger partial charge in [0.2, 0.25) is 5.91 Å². The van der Waals surface area contributed by atoms with Gasteiger partial charge in [-0.05, 0) is 31.6 Å². The number of thioether (sulfide) groups is 1. The smallest absolute Gasteiger partial charge is 0.237 e. The molecule has 1 aliphatic rings. The number of piperidine rings is 1. The average Bonchev–Trinajstić information content (AvgIpc) is 2.34. The lowest BCUT2D eigenvalue weighted by atomic mass is 10.0. The van der Waals surface area contributed by atoms with Gasteiger partial charge >= 0.3 is 0 Å². The molecule has 0 aromatic rings. The predicted octanol–water partition coefficient (Wildman–Crippen LogP) is 0.360. The first-order valence-electron chi connectivity index (χ1n) is 6.04. The van der Waals surface area contributed by atoms with Crippen LogP contribution in [0.25, 0.3) is 0 Å². The van der Waals surface area contributed by atoms with E-state index < -0.39 is 0 Å². The monoisotopic (exact) mass is 246 g/mol. The van der Waals surface area contributed by atoms with E-state index in [1.54, 1.807) is 11.8 Å². The second-order valence-electron chi connectivity index (χ2n) is 3.98. The molecule has 0 bridgehead atoms. The number of aliphatic hydroxyl groups is 1. The van der Waals surface area contributed by atoms with Crippen LogP contribution in [0.4, 0.5) is 0 Å². The third-order valence-electron chi connectivity index (χ3n) is 2.62. The van der Waals surface area contributed by atoms with Crippen molar-refractivity contribution in [2.45, 2.75) is 31.7 Å². The maximum absolute atomic E-state index is 11.7. The third kappa shape index (κ3) is 5.72. The first-order chi connectivity index (χ1) is 7.84. The van der Waals surface area contributed by atoms with E-state index in [1.807, 2.05) is 0 Å². The number of hydrogen-bond donors (Lipinski definition) is 3. The van der Waals surface area contributed by atoms with Crippen LogP contribution in [-0.2, 0) is 4.79 Å². The van der Waals surface area contributed by atoms with Crippen molar-refractivity contribution in [1.29, 1.82) is 0 Å². The molecule has 1 rings (SSSR count). The molecule has 1 aliphatic heterocycles. The van der Waals surface area contributed by atoms with Gasteiger partial charge in [-0.15, -0.1) is 0 Å². The van der Waals surface area contributed by atoms with Gasteiger partial charge in [0.05, 0.1) is 6.04 Å². The molecule has 0 aromatic heterocycles. The quantitative estimate of drug-likeness (QED) is 0.568. The van der Waals surface area contributed by atoms with E-state index in [0.29, 0.717) is 0 Å². The molecule has 1 fully saturated rings. The fraction of sp³-hybridized carbons (Fsp3) is 0.909. The van der Waals surface area contributed by atoms with Crippen LogP contribution in [0.2, 0.25) is 0 Å². The molecule has 1 heterocycles. The number of hydrogen-bond acceptors (Lipinski definition) is 4. The number of nitrogens with one attached hydrogen (secondary N) is 2. The van der Waals surface area contributed by atoms with Crippen molar-refractivity contribution in [1.82, 2.24) is 10.6 Å². The first-order valence-corrected chi connectivity index (χ1v) is 7.20. The van der Waals surface area contributed by atoms with E-state index in [-0.39, 0.29) is 18.6 Å². The number of carbonyl (C=O) groups is 1. The van der Waals surface area contributed by atoms with E-state index in [1.165, 1.54) is 6.42 Å². The zero-order chi connectivity index (χ0) is 11.6. The van der Waals surface area contributed by atoms with Gasteiger partial charge in [-0.1, -0.05) is 6.42 Å². The summed E-state index contributed by atoms with van der Waals surface area (Å²) < 4.78 is 0. The van der Waals surface area contributed by atoms with Crippen molar-refractivity contribution < 1.29 is 9.90 Å². The Hall–Kier alpha value is -0.260. The summed E-state index contributed by atoms with van der Waals surface area (Å²) in [5.41, 5.74) is 0.